The molecule has 6 heteroatoms. The van der Waals surface area contributed by atoms with E-state index in [1.807, 2.05) is 31.2 Å². The van der Waals surface area contributed by atoms with Crippen LogP contribution >= 0.6 is 0 Å². The molecule has 3 rings (SSSR count). The lowest BCUT2D eigenvalue weighted by Gasteiger charge is -2.36. The number of carboxylic acid groups (broad SMARTS) is 1. The Balaban J connectivity index is 1.86. The van der Waals surface area contributed by atoms with Crippen LogP contribution in [0.1, 0.15) is 29.5 Å². The van der Waals surface area contributed by atoms with Crippen molar-refractivity contribution in [3.05, 3.63) is 65.0 Å². The number of hydrogen-bond acceptors (Lipinski definition) is 3. The largest absolute Gasteiger partial charge is 0.481 e. The Morgan fingerprint density at radius 3 is 2.41 bits per heavy atom. The molecule has 0 bridgehead atoms. The minimum absolute atomic E-state index is 0.0832. The third-order valence-electron chi connectivity index (χ3n) is 5.04. The fourth-order valence-corrected chi connectivity index (χ4v) is 3.42. The SMILES string of the molecule is Cc1ccc(C2(C(=O)Nc3ccc(CC(=O)O)c(F)c3)CCOCC2)cc1. The van der Waals surface area contributed by atoms with E-state index < -0.39 is 23.6 Å². The van der Waals surface area contributed by atoms with Gasteiger partial charge < -0.3 is 15.2 Å². The van der Waals surface area contributed by atoms with Crippen LogP contribution in [0.5, 0.6) is 0 Å². The summed E-state index contributed by atoms with van der Waals surface area (Å²) in [6.07, 6.45) is 0.688. The van der Waals surface area contributed by atoms with Crippen molar-refractivity contribution in [3.8, 4) is 0 Å². The first-order chi connectivity index (χ1) is 12.9. The molecular weight excluding hydrogens is 349 g/mol. The summed E-state index contributed by atoms with van der Waals surface area (Å²) in [5.41, 5.74) is 1.68. The highest BCUT2D eigenvalue weighted by Gasteiger charge is 2.41. The van der Waals surface area contributed by atoms with Crippen molar-refractivity contribution in [2.75, 3.05) is 18.5 Å². The van der Waals surface area contributed by atoms with Crippen molar-refractivity contribution in [1.29, 1.82) is 0 Å². The van der Waals surface area contributed by atoms with Gasteiger partial charge in [0, 0.05) is 18.9 Å². The standard InChI is InChI=1S/C21H22FNO4/c1-14-2-5-16(6-3-14)21(8-10-27-11-9-21)20(26)23-17-7-4-15(12-19(24)25)18(22)13-17/h2-7,13H,8-12H2,1H3,(H,23,26)(H,24,25). The number of carbonyl (C=O) groups is 2. The number of rotatable bonds is 5. The number of anilines is 1. The van der Waals surface area contributed by atoms with Crippen LogP contribution in [0.25, 0.3) is 0 Å². The second kappa shape index (κ2) is 7.88. The van der Waals surface area contributed by atoms with Gasteiger partial charge in [-0.15, -0.1) is 0 Å². The van der Waals surface area contributed by atoms with Gasteiger partial charge in [0.25, 0.3) is 0 Å². The molecule has 0 aromatic heterocycles. The molecule has 0 radical (unpaired) electrons. The Labute approximate surface area is 157 Å². The van der Waals surface area contributed by atoms with Crippen molar-refractivity contribution in [2.24, 2.45) is 0 Å². The van der Waals surface area contributed by atoms with Gasteiger partial charge in [-0.25, -0.2) is 4.39 Å². The van der Waals surface area contributed by atoms with Crippen LogP contribution in [0.3, 0.4) is 0 Å². The second-order valence-electron chi connectivity index (χ2n) is 6.89. The number of benzene rings is 2. The van der Waals surface area contributed by atoms with E-state index in [-0.39, 0.29) is 11.5 Å². The van der Waals surface area contributed by atoms with Crippen molar-refractivity contribution in [1.82, 2.24) is 0 Å². The number of nitrogens with one attached hydrogen (secondary N) is 1. The van der Waals surface area contributed by atoms with Crippen LogP contribution in [-0.2, 0) is 26.2 Å². The maximum absolute atomic E-state index is 14.1. The van der Waals surface area contributed by atoms with Crippen LogP contribution in [0.2, 0.25) is 0 Å². The molecule has 142 valence electrons. The van der Waals surface area contributed by atoms with Gasteiger partial charge in [-0.1, -0.05) is 35.9 Å². The first kappa shape index (κ1) is 19.0. The minimum Gasteiger partial charge on any atom is -0.481 e. The average molecular weight is 371 g/mol. The highest BCUT2D eigenvalue weighted by Crippen LogP contribution is 2.36. The van der Waals surface area contributed by atoms with Gasteiger partial charge in [0.05, 0.1) is 11.8 Å². The number of hydrogen-bond donors (Lipinski definition) is 2. The number of aliphatic carboxylic acids is 1. The van der Waals surface area contributed by atoms with Gasteiger partial charge in [-0.2, -0.15) is 0 Å². The van der Waals surface area contributed by atoms with Crippen molar-refractivity contribution in [3.63, 3.8) is 0 Å². The molecule has 1 fully saturated rings. The van der Waals surface area contributed by atoms with Gasteiger partial charge in [0.15, 0.2) is 0 Å². The van der Waals surface area contributed by atoms with E-state index in [1.54, 1.807) is 0 Å². The smallest absolute Gasteiger partial charge is 0.307 e. The summed E-state index contributed by atoms with van der Waals surface area (Å²) in [6, 6.07) is 11.9. The summed E-state index contributed by atoms with van der Waals surface area (Å²) in [5, 5.41) is 11.6. The van der Waals surface area contributed by atoms with Gasteiger partial charge >= 0.3 is 5.97 Å². The van der Waals surface area contributed by atoms with Crippen molar-refractivity contribution >= 4 is 17.6 Å². The zero-order chi connectivity index (χ0) is 19.4. The Kier molecular flexibility index (Phi) is 5.56. The third-order valence-corrected chi connectivity index (χ3v) is 5.04. The number of amides is 1. The van der Waals surface area contributed by atoms with E-state index in [0.29, 0.717) is 31.7 Å². The maximum atomic E-state index is 14.1. The van der Waals surface area contributed by atoms with Crippen LogP contribution in [0.4, 0.5) is 10.1 Å². The molecule has 2 N–H and O–H groups in total. The minimum atomic E-state index is -1.11. The molecular formula is C21H22FNO4. The predicted octanol–water partition coefficient (Wildman–Crippen LogP) is 3.45. The summed E-state index contributed by atoms with van der Waals surface area (Å²) in [5.74, 6) is -1.96. The van der Waals surface area contributed by atoms with Crippen molar-refractivity contribution in [2.45, 2.75) is 31.6 Å². The summed E-state index contributed by atoms with van der Waals surface area (Å²) in [6.45, 7) is 2.95. The van der Waals surface area contributed by atoms with Gasteiger partial charge in [-0.3, -0.25) is 9.59 Å². The quantitative estimate of drug-likeness (QED) is 0.844. The first-order valence-corrected chi connectivity index (χ1v) is 8.87. The lowest BCUT2D eigenvalue weighted by molar-refractivity contribution is -0.136. The molecule has 0 aliphatic carbocycles. The zero-order valence-electron chi connectivity index (χ0n) is 15.1. The zero-order valence-corrected chi connectivity index (χ0v) is 15.1. The molecule has 1 amide bonds. The van der Waals surface area contributed by atoms with Crippen LogP contribution < -0.4 is 5.32 Å². The van der Waals surface area contributed by atoms with Crippen LogP contribution in [-0.4, -0.2) is 30.2 Å². The van der Waals surface area contributed by atoms with E-state index >= 15 is 0 Å². The summed E-state index contributed by atoms with van der Waals surface area (Å²) in [4.78, 5) is 23.9. The van der Waals surface area contributed by atoms with E-state index in [1.165, 1.54) is 18.2 Å². The second-order valence-corrected chi connectivity index (χ2v) is 6.89. The molecule has 27 heavy (non-hydrogen) atoms. The molecule has 0 saturated carbocycles. The Morgan fingerprint density at radius 1 is 1.15 bits per heavy atom. The van der Waals surface area contributed by atoms with E-state index in [0.717, 1.165) is 11.1 Å². The lowest BCUT2D eigenvalue weighted by Crippen LogP contribution is -2.44. The van der Waals surface area contributed by atoms with E-state index in [2.05, 4.69) is 5.32 Å². The monoisotopic (exact) mass is 371 g/mol. The van der Waals surface area contributed by atoms with Crippen molar-refractivity contribution < 1.29 is 23.8 Å². The molecule has 1 aliphatic heterocycles. The van der Waals surface area contributed by atoms with E-state index in [4.69, 9.17) is 9.84 Å². The number of halogens is 1. The van der Waals surface area contributed by atoms with Crippen LogP contribution in [0, 0.1) is 12.7 Å². The molecule has 1 saturated heterocycles. The van der Waals surface area contributed by atoms with Gasteiger partial charge in [-0.05, 0) is 43.0 Å². The number of aryl methyl sites for hydroxylation is 1. The predicted molar refractivity (Wildman–Crippen MR) is 99.3 cm³/mol. The van der Waals surface area contributed by atoms with Gasteiger partial charge in [0.1, 0.15) is 5.82 Å². The molecule has 5 nitrogen and oxygen atoms in total. The fraction of sp³-hybridized carbons (Fsp3) is 0.333. The topological polar surface area (TPSA) is 75.6 Å². The molecule has 2 aromatic carbocycles. The lowest BCUT2D eigenvalue weighted by atomic mass is 9.73. The van der Waals surface area contributed by atoms with Crippen LogP contribution in [0.15, 0.2) is 42.5 Å². The highest BCUT2D eigenvalue weighted by atomic mass is 19.1. The number of carboxylic acids is 1. The summed E-state index contributed by atoms with van der Waals surface area (Å²) in [7, 11) is 0. The van der Waals surface area contributed by atoms with Gasteiger partial charge in [0.2, 0.25) is 5.91 Å². The maximum Gasteiger partial charge on any atom is 0.307 e. The Hall–Kier alpha value is -2.73. The Bertz CT molecular complexity index is 842. The molecule has 0 unspecified atom stereocenters. The molecule has 1 aliphatic rings. The molecule has 1 heterocycles. The fourth-order valence-electron chi connectivity index (χ4n) is 3.42. The molecule has 0 spiro atoms. The summed E-state index contributed by atoms with van der Waals surface area (Å²) < 4.78 is 19.6. The average Bonchev–Trinajstić information content (AvgIpc) is 2.65. The first-order valence-electron chi connectivity index (χ1n) is 8.87. The Morgan fingerprint density at radius 2 is 1.81 bits per heavy atom. The van der Waals surface area contributed by atoms with E-state index in [9.17, 15) is 14.0 Å². The normalized spacial score (nSPS) is 15.9. The number of carbonyl (C=O) groups excluding carboxylic acids is 1. The molecule has 0 atom stereocenters. The summed E-state index contributed by atoms with van der Waals surface area (Å²) >= 11 is 0. The molecule has 2 aromatic rings. The third kappa shape index (κ3) is 4.17. The highest BCUT2D eigenvalue weighted by molar-refractivity contribution is 5.99. The number of ether oxygens (including phenoxy) is 1.